The van der Waals surface area contributed by atoms with Crippen LogP contribution in [0, 0.1) is 17.0 Å². The minimum absolute atomic E-state index is 0.0275. The molecule has 2 heterocycles. The molecule has 1 aliphatic rings. The van der Waals surface area contributed by atoms with Crippen LogP contribution in [0.25, 0.3) is 0 Å². The van der Waals surface area contributed by atoms with Crippen molar-refractivity contribution in [1.82, 2.24) is 9.80 Å². The van der Waals surface area contributed by atoms with Gasteiger partial charge in [0.25, 0.3) is 11.6 Å². The number of hydrogen-bond acceptors (Lipinski definition) is 6. The SMILES string of the molecule is Cc1cccc(CN2CCN(C(=O)c3cc(COc4ccc([N+](=O)[O-])cc4)cs3)CC2)c1. The molecule has 3 aromatic rings. The van der Waals surface area contributed by atoms with Gasteiger partial charge in [0.15, 0.2) is 0 Å². The van der Waals surface area contributed by atoms with Gasteiger partial charge in [-0.3, -0.25) is 19.8 Å². The number of benzene rings is 2. The van der Waals surface area contributed by atoms with Crippen molar-refractivity contribution in [2.45, 2.75) is 20.1 Å². The van der Waals surface area contributed by atoms with Crippen molar-refractivity contribution in [3.63, 3.8) is 0 Å². The number of hydrogen-bond donors (Lipinski definition) is 0. The lowest BCUT2D eigenvalue weighted by atomic mass is 10.1. The Morgan fingerprint density at radius 3 is 2.50 bits per heavy atom. The first-order valence-electron chi connectivity index (χ1n) is 10.5. The van der Waals surface area contributed by atoms with Gasteiger partial charge in [0, 0.05) is 50.4 Å². The van der Waals surface area contributed by atoms with E-state index in [2.05, 4.69) is 36.1 Å². The topological polar surface area (TPSA) is 75.9 Å². The molecule has 1 aromatic heterocycles. The van der Waals surface area contributed by atoms with Gasteiger partial charge in [0.05, 0.1) is 9.80 Å². The van der Waals surface area contributed by atoms with Gasteiger partial charge >= 0.3 is 0 Å². The number of amides is 1. The zero-order valence-corrected chi connectivity index (χ0v) is 18.7. The number of nitro groups is 1. The quantitative estimate of drug-likeness (QED) is 0.390. The molecule has 1 amide bonds. The summed E-state index contributed by atoms with van der Waals surface area (Å²) in [7, 11) is 0. The van der Waals surface area contributed by atoms with Gasteiger partial charge in [-0.1, -0.05) is 29.8 Å². The number of nitro benzene ring substituents is 1. The molecule has 0 atom stereocenters. The van der Waals surface area contributed by atoms with Gasteiger partial charge in [-0.2, -0.15) is 0 Å². The van der Waals surface area contributed by atoms with Crippen molar-refractivity contribution >= 4 is 22.9 Å². The predicted octanol–water partition coefficient (Wildman–Crippen LogP) is 4.50. The summed E-state index contributed by atoms with van der Waals surface area (Å²) in [6, 6.07) is 16.4. The normalized spacial score (nSPS) is 14.3. The summed E-state index contributed by atoms with van der Waals surface area (Å²) in [5.41, 5.74) is 3.51. The number of nitrogens with zero attached hydrogens (tertiary/aromatic N) is 3. The fourth-order valence-corrected chi connectivity index (χ4v) is 4.59. The molecule has 1 saturated heterocycles. The third-order valence-corrected chi connectivity index (χ3v) is 6.43. The average Bonchev–Trinajstić information content (AvgIpc) is 3.27. The standard InChI is InChI=1S/C24H25N3O4S/c1-18-3-2-4-19(13-18)15-25-9-11-26(12-10-25)24(28)23-14-20(17-32-23)16-31-22-7-5-21(6-8-22)27(29)30/h2-8,13-14,17H,9-12,15-16H2,1H3. The molecule has 1 aliphatic heterocycles. The molecular weight excluding hydrogens is 426 g/mol. The Morgan fingerprint density at radius 1 is 1.06 bits per heavy atom. The summed E-state index contributed by atoms with van der Waals surface area (Å²) in [5, 5.41) is 12.7. The van der Waals surface area contributed by atoms with Crippen molar-refractivity contribution in [3.05, 3.63) is 91.7 Å². The van der Waals surface area contributed by atoms with E-state index in [0.29, 0.717) is 17.2 Å². The molecule has 0 unspecified atom stereocenters. The van der Waals surface area contributed by atoms with Gasteiger partial charge in [0.2, 0.25) is 0 Å². The Balaban J connectivity index is 1.27. The third kappa shape index (κ3) is 5.52. The maximum Gasteiger partial charge on any atom is 0.269 e. The number of thiophene rings is 1. The second-order valence-corrected chi connectivity index (χ2v) is 8.83. The Kier molecular flexibility index (Phi) is 6.82. The molecule has 0 bridgehead atoms. The summed E-state index contributed by atoms with van der Waals surface area (Å²) in [4.78, 5) is 28.2. The number of piperazine rings is 1. The van der Waals surface area contributed by atoms with Crippen LogP contribution in [-0.4, -0.2) is 46.8 Å². The van der Waals surface area contributed by atoms with E-state index in [1.807, 2.05) is 16.3 Å². The minimum Gasteiger partial charge on any atom is -0.489 e. The first kappa shape index (κ1) is 22.0. The maximum atomic E-state index is 12.9. The minimum atomic E-state index is -0.442. The lowest BCUT2D eigenvalue weighted by molar-refractivity contribution is -0.384. The molecule has 2 aromatic carbocycles. The Labute approximate surface area is 191 Å². The molecule has 32 heavy (non-hydrogen) atoms. The van der Waals surface area contributed by atoms with E-state index < -0.39 is 4.92 Å². The molecule has 8 heteroatoms. The Bertz CT molecular complexity index is 1090. The van der Waals surface area contributed by atoms with Crippen LogP contribution < -0.4 is 4.74 Å². The van der Waals surface area contributed by atoms with E-state index in [0.717, 1.165) is 38.3 Å². The molecule has 4 rings (SSSR count). The third-order valence-electron chi connectivity index (χ3n) is 5.47. The van der Waals surface area contributed by atoms with Crippen LogP contribution >= 0.6 is 11.3 Å². The van der Waals surface area contributed by atoms with Crippen LogP contribution in [0.15, 0.2) is 60.0 Å². The molecule has 7 nitrogen and oxygen atoms in total. The predicted molar refractivity (Wildman–Crippen MR) is 124 cm³/mol. The summed E-state index contributed by atoms with van der Waals surface area (Å²) in [6.45, 7) is 6.49. The fourth-order valence-electron chi connectivity index (χ4n) is 3.73. The molecule has 1 fully saturated rings. The van der Waals surface area contributed by atoms with Crippen LogP contribution in [-0.2, 0) is 13.2 Å². The van der Waals surface area contributed by atoms with E-state index in [1.165, 1.54) is 34.6 Å². The van der Waals surface area contributed by atoms with E-state index in [-0.39, 0.29) is 11.6 Å². The molecular formula is C24H25N3O4S. The zero-order valence-electron chi connectivity index (χ0n) is 17.9. The highest BCUT2D eigenvalue weighted by molar-refractivity contribution is 7.12. The van der Waals surface area contributed by atoms with Crippen LogP contribution in [0.4, 0.5) is 5.69 Å². The van der Waals surface area contributed by atoms with Crippen molar-refractivity contribution in [2.75, 3.05) is 26.2 Å². The lowest BCUT2D eigenvalue weighted by Crippen LogP contribution is -2.48. The van der Waals surface area contributed by atoms with E-state index in [1.54, 1.807) is 12.1 Å². The molecule has 0 N–H and O–H groups in total. The fraction of sp³-hybridized carbons (Fsp3) is 0.292. The highest BCUT2D eigenvalue weighted by Gasteiger charge is 2.23. The van der Waals surface area contributed by atoms with E-state index >= 15 is 0 Å². The van der Waals surface area contributed by atoms with Crippen LogP contribution in [0.2, 0.25) is 0 Å². The Hall–Kier alpha value is -3.23. The zero-order chi connectivity index (χ0) is 22.5. The van der Waals surface area contributed by atoms with Gasteiger partial charge in [0.1, 0.15) is 12.4 Å². The second kappa shape index (κ2) is 9.93. The monoisotopic (exact) mass is 451 g/mol. The number of carbonyl (C=O) groups excluding carboxylic acids is 1. The van der Waals surface area contributed by atoms with Crippen LogP contribution in [0.1, 0.15) is 26.4 Å². The number of rotatable bonds is 7. The summed E-state index contributed by atoms with van der Waals surface area (Å²) in [6.07, 6.45) is 0. The summed E-state index contributed by atoms with van der Waals surface area (Å²) < 4.78 is 5.70. The largest absolute Gasteiger partial charge is 0.489 e. The van der Waals surface area contributed by atoms with Crippen LogP contribution in [0.3, 0.4) is 0 Å². The van der Waals surface area contributed by atoms with Crippen molar-refractivity contribution in [2.24, 2.45) is 0 Å². The van der Waals surface area contributed by atoms with Crippen molar-refractivity contribution < 1.29 is 14.5 Å². The smallest absolute Gasteiger partial charge is 0.269 e. The number of aryl methyl sites for hydroxylation is 1. The van der Waals surface area contributed by atoms with Crippen LogP contribution in [0.5, 0.6) is 5.75 Å². The number of non-ortho nitro benzene ring substituents is 1. The van der Waals surface area contributed by atoms with Gasteiger partial charge in [-0.25, -0.2) is 0 Å². The molecule has 0 saturated carbocycles. The second-order valence-electron chi connectivity index (χ2n) is 7.92. The molecule has 166 valence electrons. The van der Waals surface area contributed by atoms with Crippen molar-refractivity contribution in [3.8, 4) is 5.75 Å². The number of carbonyl (C=O) groups is 1. The first-order valence-corrected chi connectivity index (χ1v) is 11.4. The highest BCUT2D eigenvalue weighted by atomic mass is 32.1. The molecule has 0 radical (unpaired) electrons. The van der Waals surface area contributed by atoms with E-state index in [4.69, 9.17) is 4.74 Å². The Morgan fingerprint density at radius 2 is 1.81 bits per heavy atom. The molecule has 0 spiro atoms. The molecule has 0 aliphatic carbocycles. The van der Waals surface area contributed by atoms with E-state index in [9.17, 15) is 14.9 Å². The summed E-state index contributed by atoms with van der Waals surface area (Å²) in [5.74, 6) is 0.617. The first-order chi connectivity index (χ1) is 15.5. The number of ether oxygens (including phenoxy) is 1. The van der Waals surface area contributed by atoms with Crippen molar-refractivity contribution in [1.29, 1.82) is 0 Å². The maximum absolute atomic E-state index is 12.9. The van der Waals surface area contributed by atoms with Gasteiger partial charge in [-0.05, 0) is 36.1 Å². The highest BCUT2D eigenvalue weighted by Crippen LogP contribution is 2.22. The van der Waals surface area contributed by atoms with Gasteiger partial charge < -0.3 is 9.64 Å². The lowest BCUT2D eigenvalue weighted by Gasteiger charge is -2.34. The summed E-state index contributed by atoms with van der Waals surface area (Å²) >= 11 is 1.42. The average molecular weight is 452 g/mol. The van der Waals surface area contributed by atoms with Gasteiger partial charge in [-0.15, -0.1) is 11.3 Å².